The number of pyridine rings is 1. The van der Waals surface area contributed by atoms with Gasteiger partial charge in [-0.25, -0.2) is 4.98 Å². The largest absolute Gasteiger partial charge is 0.315 e. The van der Waals surface area contributed by atoms with E-state index < -0.39 is 0 Å². The average Bonchev–Trinajstić information content (AvgIpc) is 2.93. The Bertz CT molecular complexity index is 735. The summed E-state index contributed by atoms with van der Waals surface area (Å²) in [7, 11) is 1.96. The molecule has 1 aromatic carbocycles. The van der Waals surface area contributed by atoms with Gasteiger partial charge in [-0.1, -0.05) is 30.3 Å². The van der Waals surface area contributed by atoms with Gasteiger partial charge in [0.2, 0.25) is 0 Å². The maximum atomic E-state index is 4.87. The first-order valence-electron chi connectivity index (χ1n) is 6.90. The van der Waals surface area contributed by atoms with Crippen molar-refractivity contribution < 1.29 is 0 Å². The molecule has 106 valence electrons. The molecule has 3 aromatic rings. The molecular formula is C17H17N3S. The smallest absolute Gasteiger partial charge is 0.126 e. The van der Waals surface area contributed by atoms with Crippen molar-refractivity contribution in [3.63, 3.8) is 0 Å². The number of nitrogens with one attached hydrogen (secondary N) is 1. The van der Waals surface area contributed by atoms with Gasteiger partial charge in [-0.15, -0.1) is 11.3 Å². The summed E-state index contributed by atoms with van der Waals surface area (Å²) in [5.41, 5.74) is 4.54. The fourth-order valence-corrected chi connectivity index (χ4v) is 3.43. The van der Waals surface area contributed by atoms with E-state index in [4.69, 9.17) is 4.98 Å². The standard InChI is InChI=1S/C17H17N3S/c1-12-8-9-19-10-14(12)17-20-16(15(21-17)11-18-2)13-6-4-3-5-7-13/h3-10,18H,11H2,1-2H3. The van der Waals surface area contributed by atoms with Crippen LogP contribution in [-0.4, -0.2) is 17.0 Å². The van der Waals surface area contributed by atoms with Crippen molar-refractivity contribution in [2.24, 2.45) is 0 Å². The van der Waals surface area contributed by atoms with E-state index in [9.17, 15) is 0 Å². The number of nitrogens with zero attached hydrogens (tertiary/aromatic N) is 2. The molecule has 0 fully saturated rings. The van der Waals surface area contributed by atoms with Crippen LogP contribution in [0.5, 0.6) is 0 Å². The summed E-state index contributed by atoms with van der Waals surface area (Å²) in [5, 5.41) is 4.26. The number of hydrogen-bond donors (Lipinski definition) is 1. The third kappa shape index (κ3) is 2.86. The Morgan fingerprint density at radius 3 is 2.67 bits per heavy atom. The maximum Gasteiger partial charge on any atom is 0.126 e. The Morgan fingerprint density at radius 1 is 1.14 bits per heavy atom. The molecular weight excluding hydrogens is 278 g/mol. The van der Waals surface area contributed by atoms with Gasteiger partial charge in [0.25, 0.3) is 0 Å². The predicted molar refractivity (Wildman–Crippen MR) is 88.3 cm³/mol. The molecule has 0 aliphatic heterocycles. The molecule has 0 spiro atoms. The molecule has 0 atom stereocenters. The minimum Gasteiger partial charge on any atom is -0.315 e. The van der Waals surface area contributed by atoms with Crippen LogP contribution in [-0.2, 0) is 6.54 Å². The van der Waals surface area contributed by atoms with Crippen LogP contribution in [0.4, 0.5) is 0 Å². The summed E-state index contributed by atoms with van der Waals surface area (Å²) in [4.78, 5) is 10.4. The van der Waals surface area contributed by atoms with Crippen LogP contribution in [0.25, 0.3) is 21.8 Å². The zero-order valence-corrected chi connectivity index (χ0v) is 12.9. The second-order valence-electron chi connectivity index (χ2n) is 4.88. The minimum atomic E-state index is 0.821. The number of aryl methyl sites for hydroxylation is 1. The van der Waals surface area contributed by atoms with Crippen LogP contribution >= 0.6 is 11.3 Å². The van der Waals surface area contributed by atoms with Crippen molar-refractivity contribution in [2.75, 3.05) is 7.05 Å². The molecule has 0 aliphatic carbocycles. The van der Waals surface area contributed by atoms with Crippen molar-refractivity contribution in [2.45, 2.75) is 13.5 Å². The highest BCUT2D eigenvalue weighted by atomic mass is 32.1. The van der Waals surface area contributed by atoms with Crippen LogP contribution in [0.3, 0.4) is 0 Å². The van der Waals surface area contributed by atoms with Crippen LogP contribution in [0, 0.1) is 6.92 Å². The maximum absolute atomic E-state index is 4.87. The van der Waals surface area contributed by atoms with Crippen LogP contribution in [0.2, 0.25) is 0 Å². The molecule has 3 nitrogen and oxygen atoms in total. The highest BCUT2D eigenvalue weighted by molar-refractivity contribution is 7.15. The van der Waals surface area contributed by atoms with E-state index in [0.717, 1.165) is 28.4 Å². The molecule has 0 unspecified atom stereocenters. The zero-order chi connectivity index (χ0) is 14.7. The molecule has 0 bridgehead atoms. The first kappa shape index (κ1) is 13.9. The molecule has 21 heavy (non-hydrogen) atoms. The predicted octanol–water partition coefficient (Wildman–Crippen LogP) is 3.90. The molecule has 0 aliphatic rings. The second kappa shape index (κ2) is 6.16. The summed E-state index contributed by atoms with van der Waals surface area (Å²) in [6, 6.07) is 12.4. The van der Waals surface area contributed by atoms with Gasteiger partial charge in [0.1, 0.15) is 5.01 Å². The van der Waals surface area contributed by atoms with Gasteiger partial charge in [-0.2, -0.15) is 0 Å². The summed E-state index contributed by atoms with van der Waals surface area (Å²) in [5.74, 6) is 0. The van der Waals surface area contributed by atoms with E-state index in [2.05, 4.69) is 29.4 Å². The van der Waals surface area contributed by atoms with Gasteiger partial charge in [-0.05, 0) is 25.6 Å². The topological polar surface area (TPSA) is 37.8 Å². The van der Waals surface area contributed by atoms with Gasteiger partial charge in [-0.3, -0.25) is 4.98 Å². The Morgan fingerprint density at radius 2 is 1.95 bits per heavy atom. The average molecular weight is 295 g/mol. The minimum absolute atomic E-state index is 0.821. The number of hydrogen-bond acceptors (Lipinski definition) is 4. The second-order valence-corrected chi connectivity index (χ2v) is 5.96. The van der Waals surface area contributed by atoms with E-state index in [-0.39, 0.29) is 0 Å². The molecule has 1 N–H and O–H groups in total. The lowest BCUT2D eigenvalue weighted by molar-refractivity contribution is 0.831. The fourth-order valence-electron chi connectivity index (χ4n) is 2.26. The van der Waals surface area contributed by atoms with Gasteiger partial charge in [0, 0.05) is 34.9 Å². The third-order valence-corrected chi connectivity index (χ3v) is 4.44. The third-order valence-electron chi connectivity index (χ3n) is 3.35. The molecule has 2 aromatic heterocycles. The summed E-state index contributed by atoms with van der Waals surface area (Å²) < 4.78 is 0. The van der Waals surface area contributed by atoms with Gasteiger partial charge in [0.05, 0.1) is 5.69 Å². The number of benzene rings is 1. The van der Waals surface area contributed by atoms with Crippen LogP contribution < -0.4 is 5.32 Å². The number of aromatic nitrogens is 2. The van der Waals surface area contributed by atoms with Gasteiger partial charge >= 0.3 is 0 Å². The summed E-state index contributed by atoms with van der Waals surface area (Å²) in [6.45, 7) is 2.92. The molecule has 0 saturated heterocycles. The molecule has 0 saturated carbocycles. The van der Waals surface area contributed by atoms with E-state index in [0.29, 0.717) is 0 Å². The number of thiazole rings is 1. The first-order chi connectivity index (χ1) is 10.3. The highest BCUT2D eigenvalue weighted by Gasteiger charge is 2.14. The zero-order valence-electron chi connectivity index (χ0n) is 12.1. The highest BCUT2D eigenvalue weighted by Crippen LogP contribution is 2.34. The SMILES string of the molecule is CNCc1sc(-c2cnccc2C)nc1-c1ccccc1. The summed E-state index contributed by atoms with van der Waals surface area (Å²) in [6.07, 6.45) is 3.71. The van der Waals surface area contributed by atoms with E-state index in [1.54, 1.807) is 11.3 Å². The van der Waals surface area contributed by atoms with Crippen molar-refractivity contribution in [3.8, 4) is 21.8 Å². The van der Waals surface area contributed by atoms with Gasteiger partial charge in [0.15, 0.2) is 0 Å². The fraction of sp³-hybridized carbons (Fsp3) is 0.176. The van der Waals surface area contributed by atoms with Crippen LogP contribution in [0.1, 0.15) is 10.4 Å². The molecule has 0 radical (unpaired) electrons. The van der Waals surface area contributed by atoms with E-state index in [1.165, 1.54) is 10.4 Å². The van der Waals surface area contributed by atoms with Crippen molar-refractivity contribution >= 4 is 11.3 Å². The van der Waals surface area contributed by atoms with Crippen molar-refractivity contribution in [1.82, 2.24) is 15.3 Å². The summed E-state index contributed by atoms with van der Waals surface area (Å²) >= 11 is 1.73. The van der Waals surface area contributed by atoms with Crippen molar-refractivity contribution in [3.05, 3.63) is 59.2 Å². The quantitative estimate of drug-likeness (QED) is 0.793. The monoisotopic (exact) mass is 295 g/mol. The molecule has 3 rings (SSSR count). The van der Waals surface area contributed by atoms with E-state index >= 15 is 0 Å². The lowest BCUT2D eigenvalue weighted by Gasteiger charge is -2.01. The lowest BCUT2D eigenvalue weighted by atomic mass is 10.1. The Balaban J connectivity index is 2.11. The molecule has 0 amide bonds. The molecule has 2 heterocycles. The molecule has 4 heteroatoms. The number of rotatable bonds is 4. The Labute approximate surface area is 128 Å². The lowest BCUT2D eigenvalue weighted by Crippen LogP contribution is -2.04. The first-order valence-corrected chi connectivity index (χ1v) is 7.72. The Kier molecular flexibility index (Phi) is 4.08. The van der Waals surface area contributed by atoms with Gasteiger partial charge < -0.3 is 5.32 Å². The van der Waals surface area contributed by atoms with E-state index in [1.807, 2.05) is 43.7 Å². The normalized spacial score (nSPS) is 10.8. The van der Waals surface area contributed by atoms with Crippen molar-refractivity contribution in [1.29, 1.82) is 0 Å². The van der Waals surface area contributed by atoms with Crippen LogP contribution in [0.15, 0.2) is 48.8 Å². The Hall–Kier alpha value is -2.04.